The molecule has 2 heterocycles. The van der Waals surface area contributed by atoms with Gasteiger partial charge in [0.15, 0.2) is 12.6 Å². The van der Waals surface area contributed by atoms with Crippen LogP contribution in [0.5, 0.6) is 0 Å². The lowest BCUT2D eigenvalue weighted by atomic mass is 9.97. The van der Waals surface area contributed by atoms with Crippen LogP contribution >= 0.6 is 0 Å². The van der Waals surface area contributed by atoms with Crippen LogP contribution in [0.1, 0.15) is 277 Å². The number of carbonyl (C=O) groups excluding carboxylic acids is 1. The molecule has 4 unspecified atom stereocenters. The number of nitrogens with one attached hydrogen (secondary N) is 1. The molecule has 0 aliphatic carbocycles. The van der Waals surface area contributed by atoms with E-state index in [0.29, 0.717) is 12.8 Å². The normalized spacial score (nSPS) is 25.3. The molecule has 2 aliphatic rings. The van der Waals surface area contributed by atoms with Gasteiger partial charge in [0.25, 0.3) is 0 Å². The summed E-state index contributed by atoms with van der Waals surface area (Å²) in [5.74, 6) is -0.202. The third-order valence-electron chi connectivity index (χ3n) is 15.6. The van der Waals surface area contributed by atoms with Gasteiger partial charge in [0, 0.05) is 6.42 Å². The van der Waals surface area contributed by atoms with Gasteiger partial charge in [-0.15, -0.1) is 0 Å². The molecule has 0 aromatic carbocycles. The molecule has 2 saturated heterocycles. The van der Waals surface area contributed by atoms with Crippen LogP contribution in [0.4, 0.5) is 0 Å². The fourth-order valence-corrected chi connectivity index (χ4v) is 10.6. The van der Waals surface area contributed by atoms with E-state index in [1.807, 2.05) is 0 Å². The van der Waals surface area contributed by atoms with E-state index in [4.69, 9.17) is 18.9 Å². The van der Waals surface area contributed by atoms with Crippen LogP contribution in [0.2, 0.25) is 0 Å². The second-order valence-electron chi connectivity index (χ2n) is 22.2. The Kier molecular flexibility index (Phi) is 42.9. The van der Waals surface area contributed by atoms with Crippen molar-refractivity contribution in [1.29, 1.82) is 0 Å². The van der Waals surface area contributed by atoms with Crippen molar-refractivity contribution < 1.29 is 64.6 Å². The first-order chi connectivity index (χ1) is 35.6. The van der Waals surface area contributed by atoms with Gasteiger partial charge < -0.3 is 65.1 Å². The lowest BCUT2D eigenvalue weighted by Gasteiger charge is -2.46. The third kappa shape index (κ3) is 31.9. The summed E-state index contributed by atoms with van der Waals surface area (Å²) < 4.78 is 22.8. The molecule has 434 valence electrons. The Morgan fingerprint density at radius 2 is 0.781 bits per heavy atom. The van der Waals surface area contributed by atoms with E-state index in [1.165, 1.54) is 199 Å². The lowest BCUT2D eigenvalue weighted by molar-refractivity contribution is -0.359. The van der Waals surface area contributed by atoms with Crippen LogP contribution < -0.4 is 5.32 Å². The number of ether oxygens (including phenoxy) is 4. The molecule has 0 saturated carbocycles. The van der Waals surface area contributed by atoms with E-state index in [-0.39, 0.29) is 12.5 Å². The molecule has 1 amide bonds. The first-order valence-corrected chi connectivity index (χ1v) is 30.8. The molecule has 12 atom stereocenters. The SMILES string of the molecule is CCCCCCCCCCCCCCCCCCCCCCCCCCCCCCCCC(=O)N[C@@H](CO[C@@H]1O[C@H](CO)[C@@H](O[C@@H]2O[C@H](CO)[C@H](O)C(O)C2O)C(O)C1O)[C@H](O)CCCCCCCCCCC. The van der Waals surface area contributed by atoms with E-state index in [2.05, 4.69) is 19.2 Å². The zero-order valence-electron chi connectivity index (χ0n) is 46.7. The molecule has 0 aromatic heterocycles. The predicted molar refractivity (Wildman–Crippen MR) is 291 cm³/mol. The van der Waals surface area contributed by atoms with Crippen molar-refractivity contribution in [3.8, 4) is 0 Å². The minimum atomic E-state index is -1.78. The summed E-state index contributed by atoms with van der Waals surface area (Å²) in [4.78, 5) is 13.2. The predicted octanol–water partition coefficient (Wildman–Crippen LogP) is 10.5. The standard InChI is InChI=1S/C59H115NO13/c1-3-5-7-9-11-13-14-15-16-17-18-19-20-21-22-23-24-25-26-27-28-29-30-31-32-33-35-37-39-41-43-51(64)60-47(48(63)42-40-38-36-34-12-10-8-6-4-2)46-70-58-56(69)54(67)57(50(45-62)72-58)73-59-55(68)53(66)52(65)49(44-61)71-59/h47-50,52-59,61-63,65-69H,3-46H2,1-2H3,(H,60,64)/t47-,48+,49+,50+,52-,53?,54?,55?,56?,57+,58+,59-/m0/s1. The highest BCUT2D eigenvalue weighted by atomic mass is 16.7. The summed E-state index contributed by atoms with van der Waals surface area (Å²) in [6.45, 7) is 2.86. The van der Waals surface area contributed by atoms with Crippen molar-refractivity contribution in [3.63, 3.8) is 0 Å². The highest BCUT2D eigenvalue weighted by Gasteiger charge is 2.51. The second kappa shape index (κ2) is 46.0. The largest absolute Gasteiger partial charge is 0.394 e. The molecule has 0 spiro atoms. The number of unbranched alkanes of at least 4 members (excludes halogenated alkanes) is 37. The minimum Gasteiger partial charge on any atom is -0.394 e. The Balaban J connectivity index is 1.60. The number of hydrogen-bond donors (Lipinski definition) is 9. The molecule has 0 aromatic rings. The van der Waals surface area contributed by atoms with Crippen molar-refractivity contribution in [2.75, 3.05) is 19.8 Å². The topological polar surface area (TPSA) is 228 Å². The van der Waals surface area contributed by atoms with Crippen LogP contribution in [0.15, 0.2) is 0 Å². The molecule has 14 heteroatoms. The van der Waals surface area contributed by atoms with Crippen molar-refractivity contribution in [1.82, 2.24) is 5.32 Å². The van der Waals surface area contributed by atoms with Gasteiger partial charge in [-0.1, -0.05) is 258 Å². The maximum atomic E-state index is 13.2. The van der Waals surface area contributed by atoms with Crippen molar-refractivity contribution in [3.05, 3.63) is 0 Å². The van der Waals surface area contributed by atoms with E-state index >= 15 is 0 Å². The molecule has 0 bridgehead atoms. The Morgan fingerprint density at radius 1 is 0.438 bits per heavy atom. The van der Waals surface area contributed by atoms with Gasteiger partial charge in [0.1, 0.15) is 48.8 Å². The Hall–Kier alpha value is -1.01. The van der Waals surface area contributed by atoms with Crippen molar-refractivity contribution >= 4 is 5.91 Å². The van der Waals surface area contributed by atoms with Gasteiger partial charge in [-0.05, 0) is 12.8 Å². The minimum absolute atomic E-state index is 0.202. The van der Waals surface area contributed by atoms with Gasteiger partial charge in [-0.3, -0.25) is 4.79 Å². The van der Waals surface area contributed by atoms with Gasteiger partial charge in [-0.25, -0.2) is 0 Å². The first kappa shape index (κ1) is 68.1. The number of rotatable bonds is 50. The summed E-state index contributed by atoms with van der Waals surface area (Å²) in [5.41, 5.74) is 0. The molecule has 2 rings (SSSR count). The van der Waals surface area contributed by atoms with Crippen molar-refractivity contribution in [2.24, 2.45) is 0 Å². The number of hydrogen-bond acceptors (Lipinski definition) is 13. The zero-order chi connectivity index (χ0) is 53.2. The van der Waals surface area contributed by atoms with E-state index in [9.17, 15) is 45.6 Å². The maximum Gasteiger partial charge on any atom is 0.220 e. The second-order valence-corrected chi connectivity index (χ2v) is 22.2. The monoisotopic (exact) mass is 1050 g/mol. The lowest BCUT2D eigenvalue weighted by Crippen LogP contribution is -2.65. The number of aliphatic hydroxyl groups excluding tert-OH is 8. The van der Waals surface area contributed by atoms with Crippen LogP contribution in [-0.2, 0) is 23.7 Å². The molecule has 0 radical (unpaired) electrons. The summed E-state index contributed by atoms with van der Waals surface area (Å²) in [7, 11) is 0. The van der Waals surface area contributed by atoms with Crippen LogP contribution in [0.25, 0.3) is 0 Å². The fourth-order valence-electron chi connectivity index (χ4n) is 10.6. The molecular weight excluding hydrogens is 931 g/mol. The van der Waals surface area contributed by atoms with Crippen molar-refractivity contribution in [2.45, 2.75) is 351 Å². The third-order valence-corrected chi connectivity index (χ3v) is 15.6. The average molecular weight is 1050 g/mol. The highest BCUT2D eigenvalue weighted by Crippen LogP contribution is 2.30. The van der Waals surface area contributed by atoms with E-state index in [0.717, 1.165) is 51.4 Å². The van der Waals surface area contributed by atoms with Gasteiger partial charge >= 0.3 is 0 Å². The summed E-state index contributed by atoms with van der Waals surface area (Å²) in [6, 6.07) is -0.821. The summed E-state index contributed by atoms with van der Waals surface area (Å²) >= 11 is 0. The van der Waals surface area contributed by atoms with Crippen LogP contribution in [0, 0.1) is 0 Å². The maximum absolute atomic E-state index is 13.2. The Labute approximate surface area is 444 Å². The average Bonchev–Trinajstić information content (AvgIpc) is 3.39. The number of aliphatic hydroxyl groups is 8. The molecule has 73 heavy (non-hydrogen) atoms. The van der Waals surface area contributed by atoms with Gasteiger partial charge in [0.05, 0.1) is 32.0 Å². The Morgan fingerprint density at radius 3 is 1.16 bits per heavy atom. The number of carbonyl (C=O) groups is 1. The van der Waals surface area contributed by atoms with Crippen LogP contribution in [-0.4, -0.2) is 140 Å². The summed E-state index contributed by atoms with van der Waals surface area (Å²) in [5, 5.41) is 87.0. The fraction of sp³-hybridized carbons (Fsp3) is 0.983. The highest BCUT2D eigenvalue weighted by molar-refractivity contribution is 5.76. The molecule has 2 fully saturated rings. The quantitative estimate of drug-likeness (QED) is 0.0259. The first-order valence-electron chi connectivity index (χ1n) is 30.8. The Bertz CT molecular complexity index is 1230. The van der Waals surface area contributed by atoms with Crippen LogP contribution in [0.3, 0.4) is 0 Å². The summed E-state index contributed by atoms with van der Waals surface area (Å²) in [6.07, 6.45) is 34.4. The molecule has 14 nitrogen and oxygen atoms in total. The molecule has 2 aliphatic heterocycles. The molecular formula is C59H115NO13. The zero-order valence-corrected chi connectivity index (χ0v) is 46.7. The van der Waals surface area contributed by atoms with E-state index in [1.54, 1.807) is 0 Å². The smallest absolute Gasteiger partial charge is 0.220 e. The van der Waals surface area contributed by atoms with Gasteiger partial charge in [-0.2, -0.15) is 0 Å². The number of amides is 1. The van der Waals surface area contributed by atoms with Gasteiger partial charge in [0.2, 0.25) is 5.91 Å². The van der Waals surface area contributed by atoms with E-state index < -0.39 is 86.8 Å². The molecule has 9 N–H and O–H groups in total.